The number of fused-ring (bicyclic) bond motifs is 2. The third-order valence-electron chi connectivity index (χ3n) is 4.79. The van der Waals surface area contributed by atoms with E-state index in [0.29, 0.717) is 5.41 Å². The van der Waals surface area contributed by atoms with Gasteiger partial charge in [-0.05, 0) is 61.9 Å². The standard InChI is InChI=1S/C14H22O/c1-10(15)5-4-6-13-11-7-8-12(9-11)14(13,2)3/h4-5,11-13H,6-9H2,1-3H3/b5-4+/t11-,12-,13+/m1/s1. The molecule has 2 fully saturated rings. The van der Waals surface area contributed by atoms with Crippen molar-refractivity contribution in [3.8, 4) is 0 Å². The summed E-state index contributed by atoms with van der Waals surface area (Å²) in [5.41, 5.74) is 0.504. The molecule has 0 radical (unpaired) electrons. The lowest BCUT2D eigenvalue weighted by atomic mass is 9.67. The zero-order chi connectivity index (χ0) is 11.1. The van der Waals surface area contributed by atoms with Gasteiger partial charge in [0.15, 0.2) is 5.78 Å². The fourth-order valence-corrected chi connectivity index (χ4v) is 3.84. The number of hydrogen-bond donors (Lipinski definition) is 0. The number of rotatable bonds is 3. The summed E-state index contributed by atoms with van der Waals surface area (Å²) in [4.78, 5) is 10.9. The van der Waals surface area contributed by atoms with Gasteiger partial charge in [0.25, 0.3) is 0 Å². The molecule has 0 N–H and O–H groups in total. The van der Waals surface area contributed by atoms with Crippen molar-refractivity contribution in [3.05, 3.63) is 12.2 Å². The minimum absolute atomic E-state index is 0.177. The highest BCUT2D eigenvalue weighted by atomic mass is 16.1. The summed E-state index contributed by atoms with van der Waals surface area (Å²) in [7, 11) is 0. The summed E-state index contributed by atoms with van der Waals surface area (Å²) >= 11 is 0. The molecular formula is C14H22O. The quantitative estimate of drug-likeness (QED) is 0.645. The molecule has 2 aliphatic rings. The van der Waals surface area contributed by atoms with E-state index >= 15 is 0 Å². The van der Waals surface area contributed by atoms with Gasteiger partial charge < -0.3 is 0 Å². The van der Waals surface area contributed by atoms with Crippen molar-refractivity contribution in [1.29, 1.82) is 0 Å². The Kier molecular flexibility index (Phi) is 2.74. The van der Waals surface area contributed by atoms with E-state index in [2.05, 4.69) is 19.9 Å². The van der Waals surface area contributed by atoms with Crippen LogP contribution < -0.4 is 0 Å². The number of allylic oxidation sites excluding steroid dienone is 2. The maximum Gasteiger partial charge on any atom is 0.152 e. The van der Waals surface area contributed by atoms with Crippen LogP contribution in [0.2, 0.25) is 0 Å². The van der Waals surface area contributed by atoms with Crippen LogP contribution in [0.1, 0.15) is 46.5 Å². The van der Waals surface area contributed by atoms with Crippen molar-refractivity contribution in [2.75, 3.05) is 0 Å². The molecular weight excluding hydrogens is 184 g/mol. The van der Waals surface area contributed by atoms with Crippen LogP contribution in [0.3, 0.4) is 0 Å². The van der Waals surface area contributed by atoms with Crippen LogP contribution in [0.4, 0.5) is 0 Å². The van der Waals surface area contributed by atoms with Crippen LogP contribution in [-0.4, -0.2) is 5.78 Å². The summed E-state index contributed by atoms with van der Waals surface area (Å²) in [6.07, 6.45) is 9.23. The molecule has 0 unspecified atom stereocenters. The van der Waals surface area contributed by atoms with Crippen LogP contribution in [0, 0.1) is 23.2 Å². The first-order chi connectivity index (χ1) is 7.01. The summed E-state index contributed by atoms with van der Waals surface area (Å²) in [5.74, 6) is 2.86. The average molecular weight is 206 g/mol. The van der Waals surface area contributed by atoms with E-state index in [1.165, 1.54) is 19.3 Å². The van der Waals surface area contributed by atoms with Gasteiger partial charge in [-0.1, -0.05) is 19.9 Å². The molecule has 1 heteroatoms. The van der Waals surface area contributed by atoms with Gasteiger partial charge in [0.2, 0.25) is 0 Å². The van der Waals surface area contributed by atoms with Gasteiger partial charge in [-0.3, -0.25) is 4.79 Å². The van der Waals surface area contributed by atoms with Crippen LogP contribution in [0.15, 0.2) is 12.2 Å². The Bertz CT molecular complexity index is 288. The van der Waals surface area contributed by atoms with Gasteiger partial charge in [0.1, 0.15) is 0 Å². The van der Waals surface area contributed by atoms with Crippen molar-refractivity contribution < 1.29 is 4.79 Å². The van der Waals surface area contributed by atoms with Crippen molar-refractivity contribution >= 4 is 5.78 Å². The predicted octanol–water partition coefficient (Wildman–Crippen LogP) is 3.59. The zero-order valence-corrected chi connectivity index (χ0v) is 10.1. The average Bonchev–Trinajstić information content (AvgIpc) is 2.66. The predicted molar refractivity (Wildman–Crippen MR) is 62.5 cm³/mol. The van der Waals surface area contributed by atoms with Crippen LogP contribution in [0.25, 0.3) is 0 Å². The lowest BCUT2D eigenvalue weighted by Crippen LogP contribution is -2.30. The Morgan fingerprint density at radius 2 is 2.13 bits per heavy atom. The van der Waals surface area contributed by atoms with Gasteiger partial charge in [-0.25, -0.2) is 0 Å². The highest BCUT2D eigenvalue weighted by Gasteiger charge is 2.51. The Morgan fingerprint density at radius 3 is 2.67 bits per heavy atom. The van der Waals surface area contributed by atoms with E-state index < -0.39 is 0 Å². The molecule has 0 heterocycles. The van der Waals surface area contributed by atoms with Gasteiger partial charge in [-0.15, -0.1) is 0 Å². The number of carbonyl (C=O) groups excluding carboxylic acids is 1. The zero-order valence-electron chi connectivity index (χ0n) is 10.1. The molecule has 0 amide bonds. The largest absolute Gasteiger partial charge is 0.295 e. The van der Waals surface area contributed by atoms with E-state index in [0.717, 1.165) is 24.2 Å². The van der Waals surface area contributed by atoms with Crippen molar-refractivity contribution in [1.82, 2.24) is 0 Å². The summed E-state index contributed by atoms with van der Waals surface area (Å²) in [6.45, 7) is 6.47. The Hall–Kier alpha value is -0.590. The first-order valence-corrected chi connectivity index (χ1v) is 6.19. The fraction of sp³-hybridized carbons (Fsp3) is 0.786. The monoisotopic (exact) mass is 206 g/mol. The van der Waals surface area contributed by atoms with Crippen molar-refractivity contribution in [3.63, 3.8) is 0 Å². The fourth-order valence-electron chi connectivity index (χ4n) is 3.84. The number of hydrogen-bond acceptors (Lipinski definition) is 1. The van der Waals surface area contributed by atoms with Gasteiger partial charge >= 0.3 is 0 Å². The molecule has 0 aromatic rings. The molecule has 2 aliphatic carbocycles. The van der Waals surface area contributed by atoms with Gasteiger partial charge in [-0.2, -0.15) is 0 Å². The lowest BCUT2D eigenvalue weighted by Gasteiger charge is -2.37. The molecule has 0 aromatic carbocycles. The first-order valence-electron chi connectivity index (χ1n) is 6.19. The molecule has 2 rings (SSSR count). The second-order valence-electron chi connectivity index (χ2n) is 5.95. The minimum atomic E-state index is 0.177. The Balaban J connectivity index is 2.00. The van der Waals surface area contributed by atoms with E-state index in [9.17, 15) is 4.79 Å². The first kappa shape index (κ1) is 10.9. The van der Waals surface area contributed by atoms with Gasteiger partial charge in [0, 0.05) is 0 Å². The molecule has 0 saturated heterocycles. The maximum atomic E-state index is 10.9. The number of carbonyl (C=O) groups is 1. The van der Waals surface area contributed by atoms with E-state index in [1.807, 2.05) is 0 Å². The third-order valence-corrected chi connectivity index (χ3v) is 4.79. The number of ketones is 1. The van der Waals surface area contributed by atoms with Gasteiger partial charge in [0.05, 0.1) is 0 Å². The second kappa shape index (κ2) is 3.77. The molecule has 84 valence electrons. The molecule has 15 heavy (non-hydrogen) atoms. The minimum Gasteiger partial charge on any atom is -0.295 e. The molecule has 3 atom stereocenters. The topological polar surface area (TPSA) is 17.1 Å². The highest BCUT2D eigenvalue weighted by molar-refractivity contribution is 5.87. The van der Waals surface area contributed by atoms with E-state index in [4.69, 9.17) is 0 Å². The molecule has 2 saturated carbocycles. The molecule has 0 aliphatic heterocycles. The smallest absolute Gasteiger partial charge is 0.152 e. The highest BCUT2D eigenvalue weighted by Crippen LogP contribution is 2.60. The summed E-state index contributed by atoms with van der Waals surface area (Å²) in [5, 5.41) is 0. The normalized spacial score (nSPS) is 37.7. The lowest BCUT2D eigenvalue weighted by molar-refractivity contribution is -0.112. The third kappa shape index (κ3) is 1.89. The van der Waals surface area contributed by atoms with Crippen LogP contribution in [0.5, 0.6) is 0 Å². The Morgan fingerprint density at radius 1 is 1.40 bits per heavy atom. The van der Waals surface area contributed by atoms with Crippen molar-refractivity contribution in [2.45, 2.75) is 46.5 Å². The Labute approximate surface area is 92.9 Å². The molecule has 2 bridgehead atoms. The van der Waals surface area contributed by atoms with Crippen LogP contribution >= 0.6 is 0 Å². The van der Waals surface area contributed by atoms with Crippen molar-refractivity contribution in [2.24, 2.45) is 23.2 Å². The molecule has 1 nitrogen and oxygen atoms in total. The second-order valence-corrected chi connectivity index (χ2v) is 5.95. The van der Waals surface area contributed by atoms with Crippen LogP contribution in [-0.2, 0) is 4.79 Å². The molecule has 0 spiro atoms. The summed E-state index contributed by atoms with van der Waals surface area (Å²) in [6, 6.07) is 0. The van der Waals surface area contributed by atoms with E-state index in [1.54, 1.807) is 13.0 Å². The summed E-state index contributed by atoms with van der Waals surface area (Å²) < 4.78 is 0. The SMILES string of the molecule is CC(=O)/C=C/C[C@H]1[C@@H]2CC[C@H](C2)C1(C)C. The van der Waals surface area contributed by atoms with E-state index in [-0.39, 0.29) is 5.78 Å². The molecule has 0 aromatic heterocycles. The maximum absolute atomic E-state index is 10.9.